The van der Waals surface area contributed by atoms with Crippen LogP contribution in [0.25, 0.3) is 0 Å². The highest BCUT2D eigenvalue weighted by Gasteiger charge is 2.32. The zero-order valence-corrected chi connectivity index (χ0v) is 17.8. The Morgan fingerprint density at radius 1 is 1.19 bits per heavy atom. The lowest BCUT2D eigenvalue weighted by Crippen LogP contribution is -2.45. The third kappa shape index (κ3) is 6.08. The molecule has 2 N–H and O–H groups in total. The van der Waals surface area contributed by atoms with Crippen molar-refractivity contribution in [2.24, 2.45) is 0 Å². The number of halogens is 1. The fourth-order valence-electron chi connectivity index (χ4n) is 3.52. The molecule has 0 bridgehead atoms. The molecule has 2 aromatic carbocycles. The van der Waals surface area contributed by atoms with Gasteiger partial charge in [0.1, 0.15) is 11.9 Å². The van der Waals surface area contributed by atoms with Crippen molar-refractivity contribution in [3.05, 3.63) is 59.9 Å². The van der Waals surface area contributed by atoms with Crippen molar-refractivity contribution in [1.82, 2.24) is 9.62 Å². The number of hydrogen-bond donors (Lipinski definition) is 2. The SMILES string of the molecule is COc1cc(F)ccc1OC1CCN(S(=O)(=O)CC(NC(=O)O)c2ccccc2)CC1. The Morgan fingerprint density at radius 3 is 2.48 bits per heavy atom. The second-order valence-corrected chi connectivity index (χ2v) is 9.22. The maximum absolute atomic E-state index is 13.4. The Kier molecular flexibility index (Phi) is 7.34. The lowest BCUT2D eigenvalue weighted by molar-refractivity contribution is 0.130. The maximum atomic E-state index is 13.4. The zero-order chi connectivity index (χ0) is 22.4. The molecule has 1 atom stereocenters. The minimum Gasteiger partial charge on any atom is -0.493 e. The molecule has 31 heavy (non-hydrogen) atoms. The highest BCUT2D eigenvalue weighted by atomic mass is 32.2. The molecule has 1 aliphatic rings. The third-order valence-electron chi connectivity index (χ3n) is 5.09. The summed E-state index contributed by atoms with van der Waals surface area (Å²) in [5.74, 6) is -0.130. The number of benzene rings is 2. The molecule has 1 aliphatic heterocycles. The molecular weight excluding hydrogens is 427 g/mol. The van der Waals surface area contributed by atoms with Gasteiger partial charge in [-0.3, -0.25) is 0 Å². The molecule has 1 amide bonds. The average Bonchev–Trinajstić information content (AvgIpc) is 2.75. The van der Waals surface area contributed by atoms with Gasteiger partial charge in [-0.1, -0.05) is 30.3 Å². The van der Waals surface area contributed by atoms with Gasteiger partial charge in [-0.05, 0) is 30.5 Å². The summed E-state index contributed by atoms with van der Waals surface area (Å²) in [5.41, 5.74) is 0.579. The van der Waals surface area contributed by atoms with Gasteiger partial charge >= 0.3 is 6.09 Å². The van der Waals surface area contributed by atoms with Crippen molar-refractivity contribution in [3.8, 4) is 11.5 Å². The van der Waals surface area contributed by atoms with E-state index in [2.05, 4.69) is 5.32 Å². The van der Waals surface area contributed by atoms with Crippen molar-refractivity contribution in [1.29, 1.82) is 0 Å². The summed E-state index contributed by atoms with van der Waals surface area (Å²) in [6.07, 6.45) is -0.637. The molecule has 0 aliphatic carbocycles. The number of sulfonamides is 1. The number of amides is 1. The largest absolute Gasteiger partial charge is 0.493 e. The first-order chi connectivity index (χ1) is 14.8. The second-order valence-electron chi connectivity index (χ2n) is 7.20. The fourth-order valence-corrected chi connectivity index (χ4v) is 5.19. The number of rotatable bonds is 8. The summed E-state index contributed by atoms with van der Waals surface area (Å²) >= 11 is 0. The third-order valence-corrected chi connectivity index (χ3v) is 7.00. The predicted octanol–water partition coefficient (Wildman–Crippen LogP) is 3.02. The van der Waals surface area contributed by atoms with Crippen LogP contribution < -0.4 is 14.8 Å². The summed E-state index contributed by atoms with van der Waals surface area (Å²) in [6.45, 7) is 0.482. The highest BCUT2D eigenvalue weighted by Crippen LogP contribution is 2.30. The molecule has 0 radical (unpaired) electrons. The van der Waals surface area contributed by atoms with E-state index in [0.29, 0.717) is 24.2 Å². The van der Waals surface area contributed by atoms with Crippen LogP contribution >= 0.6 is 0 Å². The van der Waals surface area contributed by atoms with Gasteiger partial charge in [-0.15, -0.1) is 0 Å². The number of nitrogens with one attached hydrogen (secondary N) is 1. The van der Waals surface area contributed by atoms with Gasteiger partial charge in [0.05, 0.1) is 18.9 Å². The monoisotopic (exact) mass is 452 g/mol. The van der Waals surface area contributed by atoms with E-state index in [9.17, 15) is 17.6 Å². The van der Waals surface area contributed by atoms with Crippen LogP contribution in [0.2, 0.25) is 0 Å². The molecule has 0 saturated carbocycles. The Balaban J connectivity index is 1.63. The van der Waals surface area contributed by atoms with Crippen LogP contribution in [0.4, 0.5) is 9.18 Å². The first kappa shape index (κ1) is 22.8. The molecule has 3 rings (SSSR count). The number of ether oxygens (including phenoxy) is 2. The van der Waals surface area contributed by atoms with Crippen LogP contribution in [0.5, 0.6) is 11.5 Å². The molecule has 8 nitrogen and oxygen atoms in total. The van der Waals surface area contributed by atoms with E-state index < -0.39 is 28.0 Å². The maximum Gasteiger partial charge on any atom is 0.405 e. The van der Waals surface area contributed by atoms with Gasteiger partial charge in [-0.25, -0.2) is 21.9 Å². The quantitative estimate of drug-likeness (QED) is 0.638. The molecule has 1 unspecified atom stereocenters. The molecule has 10 heteroatoms. The molecule has 0 spiro atoms. The van der Waals surface area contributed by atoms with Crippen LogP contribution in [-0.4, -0.2) is 56.0 Å². The Morgan fingerprint density at radius 2 is 1.87 bits per heavy atom. The number of piperidine rings is 1. The highest BCUT2D eigenvalue weighted by molar-refractivity contribution is 7.89. The first-order valence-corrected chi connectivity index (χ1v) is 11.4. The topological polar surface area (TPSA) is 105 Å². The number of hydrogen-bond acceptors (Lipinski definition) is 5. The van der Waals surface area contributed by atoms with Gasteiger partial charge < -0.3 is 19.9 Å². The summed E-state index contributed by atoms with van der Waals surface area (Å²) < 4.78 is 51.6. The summed E-state index contributed by atoms with van der Waals surface area (Å²) in [4.78, 5) is 11.2. The molecule has 2 aromatic rings. The smallest absolute Gasteiger partial charge is 0.405 e. The second kappa shape index (κ2) is 9.97. The van der Waals surface area contributed by atoms with Gasteiger partial charge in [0.15, 0.2) is 11.5 Å². The molecule has 1 heterocycles. The molecule has 1 saturated heterocycles. The first-order valence-electron chi connectivity index (χ1n) is 9.81. The molecular formula is C21H25FN2O6S. The predicted molar refractivity (Wildman–Crippen MR) is 112 cm³/mol. The van der Waals surface area contributed by atoms with Crippen LogP contribution in [0.3, 0.4) is 0 Å². The van der Waals surface area contributed by atoms with E-state index in [4.69, 9.17) is 14.6 Å². The number of methoxy groups -OCH3 is 1. The molecule has 1 fully saturated rings. The van der Waals surface area contributed by atoms with E-state index in [0.717, 1.165) is 0 Å². The molecule has 168 valence electrons. The normalized spacial score (nSPS) is 16.5. The van der Waals surface area contributed by atoms with Gasteiger partial charge in [0.2, 0.25) is 10.0 Å². The van der Waals surface area contributed by atoms with Crippen molar-refractivity contribution in [2.75, 3.05) is 26.0 Å². The van der Waals surface area contributed by atoms with E-state index in [1.165, 1.54) is 29.6 Å². The fraction of sp³-hybridized carbons (Fsp3) is 0.381. The minimum absolute atomic E-state index is 0.241. The van der Waals surface area contributed by atoms with Crippen LogP contribution in [0.15, 0.2) is 48.5 Å². The van der Waals surface area contributed by atoms with E-state index in [1.54, 1.807) is 30.3 Å². The van der Waals surface area contributed by atoms with E-state index in [-0.39, 0.29) is 30.7 Å². The summed E-state index contributed by atoms with van der Waals surface area (Å²) in [6, 6.07) is 11.7. The van der Waals surface area contributed by atoms with Crippen molar-refractivity contribution in [2.45, 2.75) is 25.0 Å². The summed E-state index contributed by atoms with van der Waals surface area (Å²) in [7, 11) is -2.29. The molecule has 0 aromatic heterocycles. The van der Waals surface area contributed by atoms with Gasteiger partial charge in [0, 0.05) is 19.2 Å². The van der Waals surface area contributed by atoms with Crippen LogP contribution in [0.1, 0.15) is 24.4 Å². The number of nitrogens with zero attached hydrogens (tertiary/aromatic N) is 1. The van der Waals surface area contributed by atoms with Gasteiger partial charge in [-0.2, -0.15) is 0 Å². The Hall–Kier alpha value is -2.85. The number of carboxylic acid groups (broad SMARTS) is 1. The standard InChI is InChI=1S/C21H25FN2O6S/c1-29-20-13-16(22)7-8-19(20)30-17-9-11-24(12-10-17)31(27,28)14-18(23-21(25)26)15-5-3-2-4-6-15/h2-8,13,17-18,23H,9-12,14H2,1H3,(H,25,26). The average molecular weight is 453 g/mol. The lowest BCUT2D eigenvalue weighted by atomic mass is 10.1. The van der Waals surface area contributed by atoms with Crippen LogP contribution in [0, 0.1) is 5.82 Å². The lowest BCUT2D eigenvalue weighted by Gasteiger charge is -2.32. The van der Waals surface area contributed by atoms with Crippen LogP contribution in [-0.2, 0) is 10.0 Å². The summed E-state index contributed by atoms with van der Waals surface area (Å²) in [5, 5.41) is 11.4. The Bertz CT molecular complexity index is 994. The van der Waals surface area contributed by atoms with Crippen molar-refractivity contribution < 1.29 is 32.2 Å². The van der Waals surface area contributed by atoms with Crippen molar-refractivity contribution >= 4 is 16.1 Å². The van der Waals surface area contributed by atoms with E-state index >= 15 is 0 Å². The number of carbonyl (C=O) groups is 1. The van der Waals surface area contributed by atoms with E-state index in [1.807, 2.05) is 0 Å². The zero-order valence-electron chi connectivity index (χ0n) is 17.0. The Labute approximate surface area is 180 Å². The minimum atomic E-state index is -3.71. The van der Waals surface area contributed by atoms with Crippen molar-refractivity contribution in [3.63, 3.8) is 0 Å². The van der Waals surface area contributed by atoms with Gasteiger partial charge in [0.25, 0.3) is 0 Å².